The molecule has 1 N–H and O–H groups in total. The van der Waals surface area contributed by atoms with E-state index in [0.717, 1.165) is 13.0 Å². The largest absolute Gasteiger partial charge is 0.497 e. The van der Waals surface area contributed by atoms with Crippen molar-refractivity contribution in [1.29, 1.82) is 10.5 Å². The molecule has 0 spiro atoms. The Morgan fingerprint density at radius 1 is 1.11 bits per heavy atom. The van der Waals surface area contributed by atoms with Crippen molar-refractivity contribution in [3.8, 4) is 12.1 Å². The molecule has 0 aromatic heterocycles. The monoisotopic (exact) mass is 543 g/mol. The summed E-state index contributed by atoms with van der Waals surface area (Å²) in [6.07, 6.45) is -0.849. The highest BCUT2D eigenvalue weighted by molar-refractivity contribution is 8.45. The van der Waals surface area contributed by atoms with Gasteiger partial charge in [-0.25, -0.2) is 0 Å². The topological polar surface area (TPSA) is 85.9 Å². The molecule has 14 heteroatoms. The lowest BCUT2D eigenvalue weighted by atomic mass is 10.1. The van der Waals surface area contributed by atoms with Crippen LogP contribution in [0.15, 0.2) is 64.8 Å². The zero-order chi connectivity index (χ0) is 27.9. The first-order valence-corrected chi connectivity index (χ1v) is 11.9. The average Bonchev–Trinajstić information content (AvgIpc) is 2.75. The van der Waals surface area contributed by atoms with Gasteiger partial charge in [-0.15, -0.1) is 0 Å². The molecule has 1 aromatic rings. The Morgan fingerprint density at radius 3 is 2.14 bits per heavy atom. The van der Waals surface area contributed by atoms with Gasteiger partial charge in [-0.2, -0.15) is 23.7 Å². The van der Waals surface area contributed by atoms with Crippen LogP contribution < -0.4 is 5.32 Å². The van der Waals surface area contributed by atoms with Gasteiger partial charge in [0.1, 0.15) is 11.5 Å². The third-order valence-corrected chi connectivity index (χ3v) is 5.51. The van der Waals surface area contributed by atoms with Crippen molar-refractivity contribution in [2.75, 3.05) is 6.61 Å². The number of rotatable bonds is 10. The van der Waals surface area contributed by atoms with Gasteiger partial charge < -0.3 is 10.1 Å². The maximum absolute atomic E-state index is 13.3. The number of nitrogens with zero attached hydrogens (tertiary/aromatic N) is 2. The third kappa shape index (κ3) is 9.62. The summed E-state index contributed by atoms with van der Waals surface area (Å²) in [6.45, 7) is 2.02. The molecule has 5 nitrogen and oxygen atoms in total. The van der Waals surface area contributed by atoms with E-state index in [2.05, 4.69) is 5.32 Å². The maximum atomic E-state index is 13.3. The van der Waals surface area contributed by atoms with Crippen LogP contribution in [0.25, 0.3) is 0 Å². The minimum absolute atomic E-state index is 0.00989. The molecule has 0 saturated carbocycles. The van der Waals surface area contributed by atoms with Crippen LogP contribution in [0.5, 0.6) is 0 Å². The molecule has 0 aliphatic heterocycles. The van der Waals surface area contributed by atoms with E-state index in [9.17, 15) is 42.7 Å². The quantitative estimate of drug-likeness (QED) is 0.142. The number of alkyl halides is 3. The van der Waals surface area contributed by atoms with Gasteiger partial charge in [0, 0.05) is 11.1 Å². The Hall–Kier alpha value is -3.52. The first-order valence-electron chi connectivity index (χ1n) is 9.97. The third-order valence-electron chi connectivity index (χ3n) is 4.35. The average molecular weight is 543 g/mol. The molecule has 1 rings (SSSR count). The summed E-state index contributed by atoms with van der Waals surface area (Å²) >= 11 is 0. The fourth-order valence-corrected chi connectivity index (χ4v) is 3.16. The summed E-state index contributed by atoms with van der Waals surface area (Å²) in [5, 5.41) is 20.3. The van der Waals surface area contributed by atoms with Crippen LogP contribution in [-0.2, 0) is 4.74 Å². The standard InChI is InChI=1S/C22H21F8N3O2S/c1-3-5-16(12-31)6-4-7-18(22(23,24)25)13-35-15-21(2,14-32)33-20(34)17-8-10-19(11-9-17)36(26,27,28,29)30/h4-6,8-11,13H,3,7,15H2,1-2H3,(H,33,34)/b6-4?,16-5+,18-13-. The molecule has 1 unspecified atom stereocenters. The first-order chi connectivity index (χ1) is 16.2. The first kappa shape index (κ1) is 30.5. The van der Waals surface area contributed by atoms with Crippen LogP contribution in [0.1, 0.15) is 37.0 Å². The number of amides is 1. The molecular formula is C22H21F8N3O2S. The lowest BCUT2D eigenvalue weighted by Crippen LogP contribution is -2.48. The molecule has 0 radical (unpaired) electrons. The van der Waals surface area contributed by atoms with E-state index >= 15 is 0 Å². The van der Waals surface area contributed by atoms with Gasteiger partial charge in [0.15, 0.2) is 5.54 Å². The van der Waals surface area contributed by atoms with E-state index in [-0.39, 0.29) is 17.7 Å². The Bertz CT molecular complexity index is 1140. The molecule has 1 amide bonds. The van der Waals surface area contributed by atoms with Gasteiger partial charge in [-0.3, -0.25) is 4.79 Å². The highest BCUT2D eigenvalue weighted by Crippen LogP contribution is 3.02. The zero-order valence-electron chi connectivity index (χ0n) is 18.9. The van der Waals surface area contributed by atoms with Gasteiger partial charge in [0.2, 0.25) is 0 Å². The molecule has 0 aliphatic rings. The molecule has 0 aliphatic carbocycles. The minimum Gasteiger partial charge on any atom is -0.497 e. The molecule has 1 atom stereocenters. The zero-order valence-corrected chi connectivity index (χ0v) is 19.7. The van der Waals surface area contributed by atoms with Gasteiger partial charge in [0.25, 0.3) is 5.91 Å². The SMILES string of the molecule is CC/C=C(/C#N)C=CC/C(=C/OCC(C)(C#N)NC(=O)c1ccc(S(F)(F)(F)(F)F)cc1)C(F)(F)F. The van der Waals surface area contributed by atoms with E-state index in [0.29, 0.717) is 24.8 Å². The number of carbonyl (C=O) groups is 1. The van der Waals surface area contributed by atoms with Crippen LogP contribution in [-0.4, -0.2) is 24.2 Å². The number of halogens is 8. The Labute approximate surface area is 202 Å². The number of ether oxygens (including phenoxy) is 1. The molecule has 0 saturated heterocycles. The number of hydrogen-bond donors (Lipinski definition) is 1. The highest BCUT2D eigenvalue weighted by Gasteiger charge is 2.65. The van der Waals surface area contributed by atoms with Crippen molar-refractivity contribution in [3.05, 3.63) is 65.5 Å². The number of nitriles is 2. The second kappa shape index (κ2) is 10.2. The van der Waals surface area contributed by atoms with Gasteiger partial charge in [0.05, 0.1) is 24.0 Å². The van der Waals surface area contributed by atoms with Crippen LogP contribution in [0.4, 0.5) is 32.6 Å². The second-order valence-corrected chi connectivity index (χ2v) is 10.0. The van der Waals surface area contributed by atoms with Crippen molar-refractivity contribution >= 4 is 16.1 Å². The molecule has 0 fully saturated rings. The highest BCUT2D eigenvalue weighted by atomic mass is 32.5. The van der Waals surface area contributed by atoms with Crippen LogP contribution in [0.3, 0.4) is 0 Å². The summed E-state index contributed by atoms with van der Waals surface area (Å²) in [4.78, 5) is 10.1. The molecule has 1 aromatic carbocycles. The number of benzene rings is 1. The summed E-state index contributed by atoms with van der Waals surface area (Å²) < 4.78 is 109. The number of hydrogen-bond acceptors (Lipinski definition) is 4. The fourth-order valence-electron chi connectivity index (χ4n) is 2.51. The van der Waals surface area contributed by atoms with Crippen LogP contribution >= 0.6 is 10.2 Å². The van der Waals surface area contributed by atoms with E-state index in [1.165, 1.54) is 12.2 Å². The van der Waals surface area contributed by atoms with Crippen molar-refractivity contribution in [2.24, 2.45) is 0 Å². The van der Waals surface area contributed by atoms with Gasteiger partial charge >= 0.3 is 16.4 Å². The van der Waals surface area contributed by atoms with Gasteiger partial charge in [-0.1, -0.05) is 38.5 Å². The molecular weight excluding hydrogens is 522 g/mol. The Morgan fingerprint density at radius 2 is 1.69 bits per heavy atom. The maximum Gasteiger partial charge on any atom is 0.415 e. The van der Waals surface area contributed by atoms with Gasteiger partial charge in [-0.05, 0) is 50.1 Å². The predicted molar refractivity (Wildman–Crippen MR) is 117 cm³/mol. The molecule has 198 valence electrons. The van der Waals surface area contributed by atoms with Crippen molar-refractivity contribution < 1.29 is 42.1 Å². The summed E-state index contributed by atoms with van der Waals surface area (Å²) in [7, 11) is -9.95. The summed E-state index contributed by atoms with van der Waals surface area (Å²) in [5.41, 5.74) is -3.44. The van der Waals surface area contributed by atoms with E-state index in [4.69, 9.17) is 10.00 Å². The lowest BCUT2D eigenvalue weighted by molar-refractivity contribution is -0.0953. The Kier molecular flexibility index (Phi) is 8.67. The molecule has 0 heterocycles. The smallest absolute Gasteiger partial charge is 0.415 e. The number of allylic oxidation sites excluding steroid dienone is 5. The predicted octanol–water partition coefficient (Wildman–Crippen LogP) is 7.63. The van der Waals surface area contributed by atoms with E-state index < -0.39 is 56.9 Å². The number of nitrogens with one attached hydrogen (secondary N) is 1. The van der Waals surface area contributed by atoms with Crippen molar-refractivity contribution in [1.82, 2.24) is 5.32 Å². The van der Waals surface area contributed by atoms with Crippen LogP contribution in [0.2, 0.25) is 0 Å². The van der Waals surface area contributed by atoms with Crippen molar-refractivity contribution in [3.63, 3.8) is 0 Å². The molecule has 36 heavy (non-hydrogen) atoms. The van der Waals surface area contributed by atoms with Crippen LogP contribution in [0, 0.1) is 22.7 Å². The van der Waals surface area contributed by atoms with E-state index in [1.807, 2.05) is 0 Å². The number of carbonyl (C=O) groups excluding carboxylic acids is 1. The summed E-state index contributed by atoms with van der Waals surface area (Å²) in [5.74, 6) is -1.15. The van der Waals surface area contributed by atoms with Crippen molar-refractivity contribution in [2.45, 2.75) is 43.3 Å². The normalized spacial score (nSPS) is 16.8. The minimum atomic E-state index is -9.95. The second-order valence-electron chi connectivity index (χ2n) is 7.63. The molecule has 0 bridgehead atoms. The Balaban J connectivity index is 2.97. The lowest BCUT2D eigenvalue weighted by Gasteiger charge is -2.40. The van der Waals surface area contributed by atoms with E-state index in [1.54, 1.807) is 19.1 Å². The summed E-state index contributed by atoms with van der Waals surface area (Å²) in [6, 6.07) is 4.37. The fraction of sp³-hybridized carbons (Fsp3) is 0.318.